The van der Waals surface area contributed by atoms with E-state index in [0.717, 1.165) is 0 Å². The van der Waals surface area contributed by atoms with E-state index >= 15 is 0 Å². The van der Waals surface area contributed by atoms with E-state index in [9.17, 15) is 8.42 Å². The summed E-state index contributed by atoms with van der Waals surface area (Å²) in [5, 5.41) is 7.85. The van der Waals surface area contributed by atoms with Gasteiger partial charge in [-0.25, -0.2) is 13.6 Å². The maximum absolute atomic E-state index is 11.1. The van der Waals surface area contributed by atoms with Gasteiger partial charge >= 0.3 is 0 Å². The molecule has 0 spiro atoms. The molecule has 0 radical (unpaired) electrons. The standard InChI is InChI=1S/C10H12N2O3S/c1-3-6-12-9-7-8(16(11,13)14)4-5-10(9)15-2/h1,4-5,7,12H,6H2,2H3,(H2,11,13,14). The molecule has 0 saturated carbocycles. The molecule has 0 aliphatic rings. The minimum absolute atomic E-state index is 0.00724. The first kappa shape index (κ1) is 12.4. The summed E-state index contributed by atoms with van der Waals surface area (Å²) < 4.78 is 27.3. The SMILES string of the molecule is C#CCNc1cc(S(N)(=O)=O)ccc1OC. The average Bonchev–Trinajstić information content (AvgIpc) is 2.24. The van der Waals surface area contributed by atoms with Crippen molar-refractivity contribution < 1.29 is 13.2 Å². The number of hydrogen-bond donors (Lipinski definition) is 2. The summed E-state index contributed by atoms with van der Waals surface area (Å²) in [6.07, 6.45) is 5.10. The van der Waals surface area contributed by atoms with Crippen LogP contribution in [0.2, 0.25) is 0 Å². The van der Waals surface area contributed by atoms with Gasteiger partial charge in [0.15, 0.2) is 0 Å². The molecule has 0 fully saturated rings. The van der Waals surface area contributed by atoms with Crippen LogP contribution in [0, 0.1) is 12.3 Å². The van der Waals surface area contributed by atoms with Gasteiger partial charge in [0.25, 0.3) is 0 Å². The average molecular weight is 240 g/mol. The Balaban J connectivity index is 3.17. The summed E-state index contributed by atoms with van der Waals surface area (Å²) in [6.45, 7) is 0.268. The van der Waals surface area contributed by atoms with Crippen molar-refractivity contribution in [2.24, 2.45) is 5.14 Å². The third-order valence-corrected chi connectivity index (χ3v) is 2.79. The second kappa shape index (κ2) is 4.88. The van der Waals surface area contributed by atoms with Crippen molar-refractivity contribution in [3.8, 4) is 18.1 Å². The molecule has 0 saturated heterocycles. The number of hydrogen-bond acceptors (Lipinski definition) is 4. The van der Waals surface area contributed by atoms with Crippen LogP contribution in [0.1, 0.15) is 0 Å². The summed E-state index contributed by atoms with van der Waals surface area (Å²) in [7, 11) is -2.24. The number of methoxy groups -OCH3 is 1. The zero-order chi connectivity index (χ0) is 12.2. The number of sulfonamides is 1. The van der Waals surface area contributed by atoms with Gasteiger partial charge in [0.1, 0.15) is 5.75 Å². The van der Waals surface area contributed by atoms with Crippen molar-refractivity contribution in [2.75, 3.05) is 19.0 Å². The number of ether oxygens (including phenoxy) is 1. The van der Waals surface area contributed by atoms with Gasteiger partial charge in [-0.1, -0.05) is 5.92 Å². The lowest BCUT2D eigenvalue weighted by Crippen LogP contribution is -2.13. The van der Waals surface area contributed by atoms with Crippen LogP contribution >= 0.6 is 0 Å². The molecule has 86 valence electrons. The minimum atomic E-state index is -3.72. The molecule has 0 aliphatic carbocycles. The number of terminal acetylenes is 1. The van der Waals surface area contributed by atoms with Crippen LogP contribution in [0.5, 0.6) is 5.75 Å². The largest absolute Gasteiger partial charge is 0.495 e. The van der Waals surface area contributed by atoms with E-state index in [0.29, 0.717) is 11.4 Å². The zero-order valence-corrected chi connectivity index (χ0v) is 9.54. The summed E-state index contributed by atoms with van der Waals surface area (Å²) in [5.74, 6) is 2.88. The van der Waals surface area contributed by atoms with Crippen LogP contribution in [0.25, 0.3) is 0 Å². The molecule has 5 nitrogen and oxygen atoms in total. The quantitative estimate of drug-likeness (QED) is 0.746. The van der Waals surface area contributed by atoms with Crippen LogP contribution in [0.4, 0.5) is 5.69 Å². The second-order valence-electron chi connectivity index (χ2n) is 2.96. The number of anilines is 1. The molecule has 6 heteroatoms. The van der Waals surface area contributed by atoms with E-state index < -0.39 is 10.0 Å². The topological polar surface area (TPSA) is 81.4 Å². The Morgan fingerprint density at radius 3 is 2.75 bits per heavy atom. The first-order chi connectivity index (χ1) is 7.49. The van der Waals surface area contributed by atoms with Gasteiger partial charge < -0.3 is 10.1 Å². The molecule has 1 rings (SSSR count). The third-order valence-electron chi connectivity index (χ3n) is 1.88. The highest BCUT2D eigenvalue weighted by Gasteiger charge is 2.11. The highest BCUT2D eigenvalue weighted by molar-refractivity contribution is 7.89. The molecule has 0 bridgehead atoms. The lowest BCUT2D eigenvalue weighted by molar-refractivity contribution is 0.416. The van der Waals surface area contributed by atoms with Gasteiger partial charge in [-0.15, -0.1) is 6.42 Å². The first-order valence-corrected chi connectivity index (χ1v) is 5.92. The van der Waals surface area contributed by atoms with Crippen LogP contribution in [-0.4, -0.2) is 22.1 Å². The number of primary sulfonamides is 1. The van der Waals surface area contributed by atoms with Gasteiger partial charge in [-0.2, -0.15) is 0 Å². The maximum Gasteiger partial charge on any atom is 0.238 e. The van der Waals surface area contributed by atoms with Gasteiger partial charge in [-0.3, -0.25) is 0 Å². The van der Waals surface area contributed by atoms with E-state index in [1.165, 1.54) is 25.3 Å². The molecule has 1 aromatic rings. The predicted octanol–water partition coefficient (Wildman–Crippen LogP) is 0.388. The molecule has 0 amide bonds. The van der Waals surface area contributed by atoms with Crippen LogP contribution in [0.15, 0.2) is 23.1 Å². The molecule has 0 heterocycles. The predicted molar refractivity (Wildman–Crippen MR) is 61.7 cm³/mol. The summed E-state index contributed by atoms with van der Waals surface area (Å²) in [5.41, 5.74) is 0.493. The fraction of sp³-hybridized carbons (Fsp3) is 0.200. The van der Waals surface area contributed by atoms with E-state index in [1.807, 2.05) is 0 Å². The lowest BCUT2D eigenvalue weighted by Gasteiger charge is -2.10. The van der Waals surface area contributed by atoms with Crippen molar-refractivity contribution in [3.05, 3.63) is 18.2 Å². The molecular formula is C10H12N2O3S. The zero-order valence-electron chi connectivity index (χ0n) is 8.73. The molecular weight excluding hydrogens is 228 g/mol. The van der Waals surface area contributed by atoms with Crippen LogP contribution in [-0.2, 0) is 10.0 Å². The van der Waals surface area contributed by atoms with Gasteiger partial charge in [0.05, 0.1) is 24.2 Å². The Morgan fingerprint density at radius 2 is 2.25 bits per heavy atom. The second-order valence-corrected chi connectivity index (χ2v) is 4.53. The van der Waals surface area contributed by atoms with E-state index in [-0.39, 0.29) is 11.4 Å². The minimum Gasteiger partial charge on any atom is -0.495 e. The van der Waals surface area contributed by atoms with Crippen LogP contribution < -0.4 is 15.2 Å². The molecule has 0 unspecified atom stereocenters. The Kier molecular flexibility index (Phi) is 3.77. The molecule has 0 aliphatic heterocycles. The van der Waals surface area contributed by atoms with Crippen molar-refractivity contribution in [3.63, 3.8) is 0 Å². The fourth-order valence-electron chi connectivity index (χ4n) is 1.15. The molecule has 16 heavy (non-hydrogen) atoms. The Labute approximate surface area is 94.7 Å². The highest BCUT2D eigenvalue weighted by atomic mass is 32.2. The summed E-state index contributed by atoms with van der Waals surface area (Å²) >= 11 is 0. The van der Waals surface area contributed by atoms with Crippen molar-refractivity contribution in [2.45, 2.75) is 4.90 Å². The maximum atomic E-state index is 11.1. The smallest absolute Gasteiger partial charge is 0.238 e. The van der Waals surface area contributed by atoms with Crippen LogP contribution in [0.3, 0.4) is 0 Å². The summed E-state index contributed by atoms with van der Waals surface area (Å²) in [4.78, 5) is 0.00724. The number of nitrogens with two attached hydrogens (primary N) is 1. The normalized spacial score (nSPS) is 10.6. The molecule has 3 N–H and O–H groups in total. The monoisotopic (exact) mass is 240 g/mol. The fourth-order valence-corrected chi connectivity index (χ4v) is 1.69. The van der Waals surface area contributed by atoms with E-state index in [1.54, 1.807) is 0 Å². The number of benzene rings is 1. The van der Waals surface area contributed by atoms with Gasteiger partial charge in [0.2, 0.25) is 10.0 Å². The highest BCUT2D eigenvalue weighted by Crippen LogP contribution is 2.26. The lowest BCUT2D eigenvalue weighted by atomic mass is 10.3. The van der Waals surface area contributed by atoms with Crippen molar-refractivity contribution >= 4 is 15.7 Å². The Hall–Kier alpha value is -1.71. The first-order valence-electron chi connectivity index (χ1n) is 4.37. The van der Waals surface area contributed by atoms with Gasteiger partial charge in [0, 0.05) is 0 Å². The van der Waals surface area contributed by atoms with Crippen molar-refractivity contribution in [1.29, 1.82) is 0 Å². The third kappa shape index (κ3) is 2.89. The number of rotatable bonds is 4. The van der Waals surface area contributed by atoms with E-state index in [4.69, 9.17) is 16.3 Å². The van der Waals surface area contributed by atoms with Crippen molar-refractivity contribution in [1.82, 2.24) is 0 Å². The molecule has 0 atom stereocenters. The summed E-state index contributed by atoms with van der Waals surface area (Å²) in [6, 6.07) is 4.26. The molecule has 0 aromatic heterocycles. The Morgan fingerprint density at radius 1 is 1.56 bits per heavy atom. The molecule has 1 aromatic carbocycles. The van der Waals surface area contributed by atoms with Gasteiger partial charge in [-0.05, 0) is 18.2 Å². The van der Waals surface area contributed by atoms with E-state index in [2.05, 4.69) is 11.2 Å². The number of nitrogens with one attached hydrogen (secondary N) is 1. The Bertz CT molecular complexity index is 517.